The van der Waals surface area contributed by atoms with Gasteiger partial charge in [0.15, 0.2) is 0 Å². The Labute approximate surface area is 115 Å². The van der Waals surface area contributed by atoms with Gasteiger partial charge in [-0.2, -0.15) is 0 Å². The summed E-state index contributed by atoms with van der Waals surface area (Å²) in [4.78, 5) is 2.50. The Morgan fingerprint density at radius 3 is 2.53 bits per heavy atom. The van der Waals surface area contributed by atoms with Crippen LogP contribution < -0.4 is 14.8 Å². The highest BCUT2D eigenvalue weighted by Crippen LogP contribution is 2.28. The van der Waals surface area contributed by atoms with Crippen molar-refractivity contribution in [2.45, 2.75) is 13.3 Å². The molecule has 1 N–H and O–H groups in total. The van der Waals surface area contributed by atoms with Crippen molar-refractivity contribution in [3.63, 3.8) is 0 Å². The molecule has 0 unspecified atom stereocenters. The maximum absolute atomic E-state index is 5.42. The minimum Gasteiger partial charge on any atom is -0.497 e. The van der Waals surface area contributed by atoms with Gasteiger partial charge in [-0.15, -0.1) is 0 Å². The summed E-state index contributed by atoms with van der Waals surface area (Å²) in [6.07, 6.45) is 1.04. The maximum atomic E-state index is 5.42. The molecule has 1 aliphatic heterocycles. The second-order valence-electron chi connectivity index (χ2n) is 4.96. The molecule has 1 heterocycles. The van der Waals surface area contributed by atoms with Crippen LogP contribution in [0.2, 0.25) is 0 Å². The van der Waals surface area contributed by atoms with Crippen molar-refractivity contribution in [3.05, 3.63) is 23.3 Å². The van der Waals surface area contributed by atoms with Crippen LogP contribution in [-0.2, 0) is 6.42 Å². The number of piperazine rings is 1. The lowest BCUT2D eigenvalue weighted by molar-refractivity contribution is 0.243. The van der Waals surface area contributed by atoms with Gasteiger partial charge in [-0.25, -0.2) is 0 Å². The SMILES string of the molecule is COc1cc(CCN2CCNCC2)c(C)c(OC)c1. The third-order valence-electron chi connectivity index (χ3n) is 3.80. The molecule has 1 aromatic carbocycles. The van der Waals surface area contributed by atoms with Crippen LogP contribution >= 0.6 is 0 Å². The molecule has 0 amide bonds. The minimum atomic E-state index is 0.873. The largest absolute Gasteiger partial charge is 0.497 e. The number of hydrogen-bond acceptors (Lipinski definition) is 4. The lowest BCUT2D eigenvalue weighted by Crippen LogP contribution is -2.44. The second-order valence-corrected chi connectivity index (χ2v) is 4.96. The molecule has 19 heavy (non-hydrogen) atoms. The van der Waals surface area contributed by atoms with E-state index in [9.17, 15) is 0 Å². The zero-order chi connectivity index (χ0) is 13.7. The van der Waals surface area contributed by atoms with Crippen LogP contribution in [0.5, 0.6) is 11.5 Å². The molecule has 0 radical (unpaired) electrons. The van der Waals surface area contributed by atoms with E-state index in [0.29, 0.717) is 0 Å². The fraction of sp³-hybridized carbons (Fsp3) is 0.600. The highest BCUT2D eigenvalue weighted by atomic mass is 16.5. The molecule has 0 bridgehead atoms. The molecule has 1 aliphatic rings. The number of hydrogen-bond donors (Lipinski definition) is 1. The maximum Gasteiger partial charge on any atom is 0.125 e. The molecule has 0 aliphatic carbocycles. The number of methoxy groups -OCH3 is 2. The summed E-state index contributed by atoms with van der Waals surface area (Å²) in [5.74, 6) is 1.78. The average molecular weight is 264 g/mol. The quantitative estimate of drug-likeness (QED) is 0.873. The molecule has 0 aromatic heterocycles. The summed E-state index contributed by atoms with van der Waals surface area (Å²) >= 11 is 0. The van der Waals surface area contributed by atoms with Gasteiger partial charge in [0, 0.05) is 38.8 Å². The van der Waals surface area contributed by atoms with E-state index in [-0.39, 0.29) is 0 Å². The first-order valence-corrected chi connectivity index (χ1v) is 6.89. The van der Waals surface area contributed by atoms with Gasteiger partial charge in [0.2, 0.25) is 0 Å². The van der Waals surface area contributed by atoms with Crippen molar-refractivity contribution < 1.29 is 9.47 Å². The van der Waals surface area contributed by atoms with Crippen molar-refractivity contribution >= 4 is 0 Å². The molecule has 2 rings (SSSR count). The molecule has 1 aromatic rings. The lowest BCUT2D eigenvalue weighted by Gasteiger charge is -2.27. The third kappa shape index (κ3) is 3.61. The minimum absolute atomic E-state index is 0.873. The predicted molar refractivity (Wildman–Crippen MR) is 77.3 cm³/mol. The summed E-state index contributed by atoms with van der Waals surface area (Å²) in [5, 5.41) is 3.38. The molecule has 0 spiro atoms. The molecular formula is C15H24N2O2. The molecule has 1 fully saturated rings. The van der Waals surface area contributed by atoms with Crippen molar-refractivity contribution in [3.8, 4) is 11.5 Å². The van der Waals surface area contributed by atoms with Crippen LogP contribution in [0.3, 0.4) is 0 Å². The van der Waals surface area contributed by atoms with E-state index in [1.807, 2.05) is 6.07 Å². The van der Waals surface area contributed by atoms with Crippen LogP contribution in [0.25, 0.3) is 0 Å². The fourth-order valence-corrected chi connectivity index (χ4v) is 2.52. The molecule has 1 saturated heterocycles. The van der Waals surface area contributed by atoms with Gasteiger partial charge in [-0.3, -0.25) is 0 Å². The Bertz CT molecular complexity index is 415. The van der Waals surface area contributed by atoms with E-state index < -0.39 is 0 Å². The third-order valence-corrected chi connectivity index (χ3v) is 3.80. The van der Waals surface area contributed by atoms with Gasteiger partial charge < -0.3 is 19.7 Å². The number of ether oxygens (including phenoxy) is 2. The highest BCUT2D eigenvalue weighted by molar-refractivity contribution is 5.46. The van der Waals surface area contributed by atoms with Crippen molar-refractivity contribution in [2.24, 2.45) is 0 Å². The molecule has 4 nitrogen and oxygen atoms in total. The molecule has 0 atom stereocenters. The Hall–Kier alpha value is -1.26. The normalized spacial score (nSPS) is 16.4. The van der Waals surface area contributed by atoms with Crippen molar-refractivity contribution in [1.29, 1.82) is 0 Å². The molecule has 106 valence electrons. The van der Waals surface area contributed by atoms with Gasteiger partial charge in [0.05, 0.1) is 14.2 Å². The van der Waals surface area contributed by atoms with Crippen LogP contribution in [0.1, 0.15) is 11.1 Å². The molecular weight excluding hydrogens is 240 g/mol. The number of benzene rings is 1. The Kier molecular flexibility index (Phi) is 5.05. The first-order valence-electron chi connectivity index (χ1n) is 6.89. The van der Waals surface area contributed by atoms with Gasteiger partial charge in [0.1, 0.15) is 11.5 Å². The monoisotopic (exact) mass is 264 g/mol. The Morgan fingerprint density at radius 2 is 1.89 bits per heavy atom. The van der Waals surface area contributed by atoms with E-state index >= 15 is 0 Å². The van der Waals surface area contributed by atoms with Gasteiger partial charge >= 0.3 is 0 Å². The Balaban J connectivity index is 2.05. The molecule has 4 heteroatoms. The van der Waals surface area contributed by atoms with E-state index in [4.69, 9.17) is 9.47 Å². The number of rotatable bonds is 5. The zero-order valence-corrected chi connectivity index (χ0v) is 12.2. The lowest BCUT2D eigenvalue weighted by atomic mass is 10.0. The van der Waals surface area contributed by atoms with Crippen LogP contribution in [-0.4, -0.2) is 51.8 Å². The summed E-state index contributed by atoms with van der Waals surface area (Å²) in [5.41, 5.74) is 2.54. The standard InChI is InChI=1S/C15H24N2O2/c1-12-13(4-7-17-8-5-16-6-9-17)10-14(18-2)11-15(12)19-3/h10-11,16H,4-9H2,1-3H3. The van der Waals surface area contributed by atoms with Crippen LogP contribution in [0.15, 0.2) is 12.1 Å². The number of nitrogens with one attached hydrogen (secondary N) is 1. The highest BCUT2D eigenvalue weighted by Gasteiger charge is 2.12. The van der Waals surface area contributed by atoms with Gasteiger partial charge in [0.25, 0.3) is 0 Å². The Morgan fingerprint density at radius 1 is 1.16 bits per heavy atom. The summed E-state index contributed by atoms with van der Waals surface area (Å²) < 4.78 is 10.8. The van der Waals surface area contributed by atoms with Crippen LogP contribution in [0.4, 0.5) is 0 Å². The second kappa shape index (κ2) is 6.78. The summed E-state index contributed by atoms with van der Waals surface area (Å²) in [6.45, 7) is 7.69. The average Bonchev–Trinajstić information content (AvgIpc) is 2.47. The first-order chi connectivity index (χ1) is 9.24. The van der Waals surface area contributed by atoms with Gasteiger partial charge in [-0.1, -0.05) is 0 Å². The van der Waals surface area contributed by atoms with Crippen LogP contribution in [0, 0.1) is 6.92 Å². The zero-order valence-electron chi connectivity index (χ0n) is 12.2. The molecule has 0 saturated carbocycles. The number of nitrogens with zero attached hydrogens (tertiary/aromatic N) is 1. The van der Waals surface area contributed by atoms with E-state index in [1.54, 1.807) is 14.2 Å². The van der Waals surface area contributed by atoms with E-state index in [2.05, 4.69) is 23.2 Å². The van der Waals surface area contributed by atoms with E-state index in [0.717, 1.165) is 50.6 Å². The topological polar surface area (TPSA) is 33.7 Å². The first kappa shape index (κ1) is 14.2. The smallest absolute Gasteiger partial charge is 0.125 e. The van der Waals surface area contributed by atoms with Crippen molar-refractivity contribution in [1.82, 2.24) is 10.2 Å². The predicted octanol–water partition coefficient (Wildman–Crippen LogP) is 1.46. The van der Waals surface area contributed by atoms with Gasteiger partial charge in [-0.05, 0) is 30.5 Å². The van der Waals surface area contributed by atoms with Crippen molar-refractivity contribution in [2.75, 3.05) is 46.9 Å². The van der Waals surface area contributed by atoms with E-state index in [1.165, 1.54) is 11.1 Å². The summed E-state index contributed by atoms with van der Waals surface area (Å²) in [6, 6.07) is 4.07. The summed E-state index contributed by atoms with van der Waals surface area (Å²) in [7, 11) is 3.41. The fourth-order valence-electron chi connectivity index (χ4n) is 2.52.